The van der Waals surface area contributed by atoms with Crippen molar-refractivity contribution < 1.29 is 56.9 Å². The van der Waals surface area contributed by atoms with E-state index in [-0.39, 0.29) is 13.2 Å². The van der Waals surface area contributed by atoms with E-state index in [9.17, 15) is 4.79 Å². The molecule has 1 aliphatic heterocycles. The van der Waals surface area contributed by atoms with Crippen LogP contribution in [0.1, 0.15) is 28.8 Å². The summed E-state index contributed by atoms with van der Waals surface area (Å²) in [6.45, 7) is 12.7. The minimum Gasteiger partial charge on any atom is -0.493 e. The van der Waals surface area contributed by atoms with Crippen LogP contribution in [0, 0.1) is 0 Å². The Balaban J connectivity index is 1.32. The second-order valence-corrected chi connectivity index (χ2v) is 11.2. The van der Waals surface area contributed by atoms with E-state index in [1.165, 1.54) is 0 Å². The molecule has 0 unspecified atom stereocenters. The fourth-order valence-electron chi connectivity index (χ4n) is 4.66. The summed E-state index contributed by atoms with van der Waals surface area (Å²) in [5, 5.41) is 0. The van der Waals surface area contributed by atoms with Crippen molar-refractivity contribution in [2.45, 2.75) is 19.4 Å². The van der Waals surface area contributed by atoms with Gasteiger partial charge >= 0.3 is 5.97 Å². The summed E-state index contributed by atoms with van der Waals surface area (Å²) < 4.78 is 63.6. The molecule has 12 nitrogen and oxygen atoms in total. The molecule has 0 spiro atoms. The lowest BCUT2D eigenvalue weighted by Crippen LogP contribution is -2.15. The number of ether oxygens (including phenoxy) is 11. The number of benzene rings is 3. The number of esters is 1. The van der Waals surface area contributed by atoms with E-state index in [4.69, 9.17) is 52.1 Å². The molecular formula is C40H50O12. The number of carbonyl (C=O) groups is 1. The van der Waals surface area contributed by atoms with Crippen molar-refractivity contribution >= 4 is 5.97 Å². The average Bonchev–Trinajstić information content (AvgIpc) is 3.16. The Bertz CT molecular complexity index is 1460. The lowest BCUT2D eigenvalue weighted by molar-refractivity contribution is 0.0223. The van der Waals surface area contributed by atoms with Crippen LogP contribution in [0.2, 0.25) is 0 Å². The van der Waals surface area contributed by atoms with E-state index in [0.29, 0.717) is 144 Å². The SMILES string of the molecule is C=CCCOc1cc(OCCC=C)cc(C(=O)OCc2ccc3c(c2)OCCOCCOCCOc2ccccc2OCCOCCOCCO3)c1. The molecule has 52 heavy (non-hydrogen) atoms. The quantitative estimate of drug-likeness (QED) is 0.127. The van der Waals surface area contributed by atoms with Crippen LogP contribution in [-0.4, -0.2) is 98.5 Å². The summed E-state index contributed by atoms with van der Waals surface area (Å²) in [6.07, 6.45) is 4.85. The zero-order chi connectivity index (χ0) is 36.5. The smallest absolute Gasteiger partial charge is 0.338 e. The number of carbonyl (C=O) groups excluding carboxylic acids is 1. The summed E-state index contributed by atoms with van der Waals surface area (Å²) in [4.78, 5) is 13.2. The number of rotatable bonds is 11. The van der Waals surface area contributed by atoms with Crippen LogP contribution in [0.3, 0.4) is 0 Å². The molecule has 0 atom stereocenters. The highest BCUT2D eigenvalue weighted by molar-refractivity contribution is 5.90. The molecule has 1 heterocycles. The molecule has 0 saturated heterocycles. The molecule has 0 N–H and O–H groups in total. The molecule has 0 aromatic heterocycles. The molecule has 3 aromatic rings. The molecule has 0 bridgehead atoms. The van der Waals surface area contributed by atoms with Crippen LogP contribution < -0.4 is 28.4 Å². The lowest BCUT2D eigenvalue weighted by atomic mass is 10.2. The minimum atomic E-state index is -0.525. The first kappa shape index (κ1) is 40.0. The maximum absolute atomic E-state index is 13.2. The lowest BCUT2D eigenvalue weighted by Gasteiger charge is -2.15. The van der Waals surface area contributed by atoms with Gasteiger partial charge in [0.2, 0.25) is 0 Å². The summed E-state index contributed by atoms with van der Waals surface area (Å²) >= 11 is 0. The monoisotopic (exact) mass is 722 g/mol. The van der Waals surface area contributed by atoms with Crippen molar-refractivity contribution in [3.05, 3.63) is 97.1 Å². The van der Waals surface area contributed by atoms with Gasteiger partial charge in [0, 0.05) is 6.07 Å². The second kappa shape index (κ2) is 24.4. The third-order valence-corrected chi connectivity index (χ3v) is 7.21. The topological polar surface area (TPSA) is 119 Å². The molecule has 12 heteroatoms. The highest BCUT2D eigenvalue weighted by Gasteiger charge is 2.14. The fourth-order valence-corrected chi connectivity index (χ4v) is 4.66. The molecule has 3 aromatic carbocycles. The van der Waals surface area contributed by atoms with Gasteiger partial charge in [-0.1, -0.05) is 30.4 Å². The van der Waals surface area contributed by atoms with Crippen molar-refractivity contribution in [1.82, 2.24) is 0 Å². The minimum absolute atomic E-state index is 0.000958. The molecule has 0 radical (unpaired) electrons. The largest absolute Gasteiger partial charge is 0.493 e. The Morgan fingerprint density at radius 2 is 1.00 bits per heavy atom. The second-order valence-electron chi connectivity index (χ2n) is 11.2. The van der Waals surface area contributed by atoms with Crippen molar-refractivity contribution in [1.29, 1.82) is 0 Å². The van der Waals surface area contributed by atoms with Crippen LogP contribution in [-0.2, 0) is 30.3 Å². The van der Waals surface area contributed by atoms with Crippen LogP contribution in [0.4, 0.5) is 0 Å². The predicted molar refractivity (Wildman–Crippen MR) is 194 cm³/mol. The van der Waals surface area contributed by atoms with E-state index >= 15 is 0 Å². The Labute approximate surface area is 306 Å². The van der Waals surface area contributed by atoms with Crippen molar-refractivity contribution in [2.75, 3.05) is 92.5 Å². The van der Waals surface area contributed by atoms with Gasteiger partial charge < -0.3 is 52.1 Å². The van der Waals surface area contributed by atoms with E-state index in [2.05, 4.69) is 13.2 Å². The van der Waals surface area contributed by atoms with E-state index in [1.54, 1.807) is 42.5 Å². The Morgan fingerprint density at radius 3 is 1.48 bits per heavy atom. The molecule has 0 aliphatic carbocycles. The van der Waals surface area contributed by atoms with Crippen molar-refractivity contribution in [2.24, 2.45) is 0 Å². The van der Waals surface area contributed by atoms with Crippen LogP contribution in [0.5, 0.6) is 34.5 Å². The molecule has 4 rings (SSSR count). The van der Waals surface area contributed by atoms with Gasteiger partial charge in [-0.3, -0.25) is 0 Å². The molecule has 0 fully saturated rings. The highest BCUT2D eigenvalue weighted by atomic mass is 16.6. The Hall–Kier alpha value is -4.75. The van der Waals surface area contributed by atoms with Crippen LogP contribution in [0.25, 0.3) is 0 Å². The first-order chi connectivity index (χ1) is 25.7. The first-order valence-electron chi connectivity index (χ1n) is 17.5. The van der Waals surface area contributed by atoms with Crippen LogP contribution >= 0.6 is 0 Å². The standard InChI is InChI=1S/C40H50O12/c1-3-5-13-46-34-28-33(29-35(30-34)47-14-6-4-2)40(41)52-31-32-11-12-38-39(27-32)51-26-22-45-18-17-43-20-24-49-37-10-8-7-9-36(37)48-23-19-42-15-16-44-21-25-50-38/h3-4,7-12,27-30H,1-2,5-6,13-26,31H2. The van der Waals surface area contributed by atoms with Gasteiger partial charge in [0.1, 0.15) is 44.5 Å². The van der Waals surface area contributed by atoms with Crippen molar-refractivity contribution in [3.63, 3.8) is 0 Å². The normalized spacial score (nSPS) is 15.3. The number of hydrogen-bond donors (Lipinski definition) is 0. The maximum Gasteiger partial charge on any atom is 0.338 e. The summed E-state index contributed by atoms with van der Waals surface area (Å²) in [5.41, 5.74) is 1.02. The zero-order valence-electron chi connectivity index (χ0n) is 29.8. The first-order valence-corrected chi connectivity index (χ1v) is 17.5. The third-order valence-electron chi connectivity index (χ3n) is 7.21. The van der Waals surface area contributed by atoms with Gasteiger partial charge in [-0.05, 0) is 54.8 Å². The van der Waals surface area contributed by atoms with E-state index < -0.39 is 5.97 Å². The number of hydrogen-bond acceptors (Lipinski definition) is 12. The number of fused-ring (bicyclic) bond motifs is 2. The molecule has 0 saturated carbocycles. The molecule has 1 aliphatic rings. The maximum atomic E-state index is 13.2. The Kier molecular flexibility index (Phi) is 18.8. The van der Waals surface area contributed by atoms with Gasteiger partial charge in [0.15, 0.2) is 23.0 Å². The zero-order valence-corrected chi connectivity index (χ0v) is 29.8. The van der Waals surface area contributed by atoms with Gasteiger partial charge in [0.05, 0.1) is 71.6 Å². The average molecular weight is 723 g/mol. The van der Waals surface area contributed by atoms with E-state index in [0.717, 1.165) is 0 Å². The van der Waals surface area contributed by atoms with Gasteiger partial charge in [0.25, 0.3) is 0 Å². The predicted octanol–water partition coefficient (Wildman–Crippen LogP) is 6.25. The summed E-state index contributed by atoms with van der Waals surface area (Å²) in [5.74, 6) is 2.79. The van der Waals surface area contributed by atoms with E-state index in [1.807, 2.05) is 30.3 Å². The molecule has 0 amide bonds. The molecular weight excluding hydrogens is 672 g/mol. The Morgan fingerprint density at radius 1 is 0.558 bits per heavy atom. The van der Waals surface area contributed by atoms with Crippen molar-refractivity contribution in [3.8, 4) is 34.5 Å². The fraction of sp³-hybridized carbons (Fsp3) is 0.425. The van der Waals surface area contributed by atoms with Gasteiger partial charge in [-0.25, -0.2) is 4.79 Å². The van der Waals surface area contributed by atoms with Gasteiger partial charge in [-0.2, -0.15) is 0 Å². The summed E-state index contributed by atoms with van der Waals surface area (Å²) in [7, 11) is 0. The summed E-state index contributed by atoms with van der Waals surface area (Å²) in [6, 6.07) is 17.9. The third kappa shape index (κ3) is 15.2. The molecule has 282 valence electrons. The van der Waals surface area contributed by atoms with Gasteiger partial charge in [-0.15, -0.1) is 13.2 Å². The number of para-hydroxylation sites is 2. The van der Waals surface area contributed by atoms with Crippen LogP contribution in [0.15, 0.2) is 86.0 Å². The highest BCUT2D eigenvalue weighted by Crippen LogP contribution is 2.30.